The first kappa shape index (κ1) is 31.2. The van der Waals surface area contributed by atoms with Crippen molar-refractivity contribution < 1.29 is 27.8 Å². The molecule has 0 aliphatic carbocycles. The van der Waals surface area contributed by atoms with Crippen LogP contribution in [0.5, 0.6) is 0 Å². The molecule has 0 aromatic heterocycles. The van der Waals surface area contributed by atoms with Crippen LogP contribution in [-0.4, -0.2) is 49.5 Å². The van der Waals surface area contributed by atoms with Crippen molar-refractivity contribution in [2.45, 2.75) is 79.4 Å². The molecule has 0 amide bonds. The topological polar surface area (TPSA) is 55.8 Å². The van der Waals surface area contributed by atoms with E-state index >= 15 is 0 Å². The Morgan fingerprint density at radius 3 is 1.97 bits per heavy atom. The number of halogens is 2. The van der Waals surface area contributed by atoms with Gasteiger partial charge in [0.05, 0.1) is 0 Å². The highest BCUT2D eigenvalue weighted by Crippen LogP contribution is 2.45. The maximum absolute atomic E-state index is 13.4. The van der Waals surface area contributed by atoms with Crippen LogP contribution in [0.4, 0.5) is 8.78 Å². The first-order valence-corrected chi connectivity index (χ1v) is 10.7. The average molecular weight is 446 g/mol. The smallest absolute Gasteiger partial charge is 0.293 e. The van der Waals surface area contributed by atoms with E-state index in [2.05, 4.69) is 9.47 Å². The van der Waals surface area contributed by atoms with Crippen LogP contribution in [0.1, 0.15) is 66.9 Å². The van der Waals surface area contributed by atoms with Gasteiger partial charge in [-0.05, 0) is 46.3 Å². The molecule has 1 aliphatic rings. The maximum atomic E-state index is 13.4. The molecule has 1 aromatic carbocycles. The molecule has 5 nitrogen and oxygen atoms in total. The Hall–Kier alpha value is -2.02. The third-order valence-corrected chi connectivity index (χ3v) is 4.55. The molecular formula is C24H41F2NO4. The monoisotopic (exact) mass is 445 g/mol. The molecular weight excluding hydrogens is 404 g/mol. The normalized spacial score (nSPS) is 18.1. The summed E-state index contributed by atoms with van der Waals surface area (Å²) < 4.78 is 35.9. The minimum atomic E-state index is -2.50. The highest BCUT2D eigenvalue weighted by atomic mass is 19.3. The lowest BCUT2D eigenvalue weighted by atomic mass is 9.81. The molecule has 0 radical (unpaired) electrons. The minimum absolute atomic E-state index is 0.0443. The Bertz CT molecular complexity index is 591. The van der Waals surface area contributed by atoms with Crippen molar-refractivity contribution in [1.29, 1.82) is 0 Å². The Labute approximate surface area is 187 Å². The van der Waals surface area contributed by atoms with Gasteiger partial charge in [0.15, 0.2) is 0 Å². The number of benzene rings is 1. The van der Waals surface area contributed by atoms with E-state index in [9.17, 15) is 18.4 Å². The molecule has 7 heteroatoms. The molecule has 1 saturated heterocycles. The Kier molecular flexibility index (Phi) is 15.8. The summed E-state index contributed by atoms with van der Waals surface area (Å²) >= 11 is 0. The summed E-state index contributed by atoms with van der Waals surface area (Å²) in [5, 5.41) is 0. The van der Waals surface area contributed by atoms with Crippen molar-refractivity contribution in [3.05, 3.63) is 35.9 Å². The molecule has 1 fully saturated rings. The number of nitrogens with zero attached hydrogens (tertiary/aromatic N) is 1. The highest BCUT2D eigenvalue weighted by molar-refractivity contribution is 5.38. The number of hydrogen-bond acceptors (Lipinski definition) is 5. The van der Waals surface area contributed by atoms with Crippen LogP contribution in [0.2, 0.25) is 0 Å². The summed E-state index contributed by atoms with van der Waals surface area (Å²) in [7, 11) is 1.90. The van der Waals surface area contributed by atoms with Crippen LogP contribution >= 0.6 is 0 Å². The number of carbonyl (C=O) groups is 2. The molecule has 1 heterocycles. The van der Waals surface area contributed by atoms with Crippen LogP contribution in [0.3, 0.4) is 0 Å². The lowest BCUT2D eigenvalue weighted by Crippen LogP contribution is -2.40. The van der Waals surface area contributed by atoms with Crippen molar-refractivity contribution in [1.82, 2.24) is 4.90 Å². The fraction of sp³-hybridized carbons (Fsp3) is 0.667. The number of ether oxygens (including phenoxy) is 2. The summed E-state index contributed by atoms with van der Waals surface area (Å²) in [6.07, 6.45) is 0.571. The van der Waals surface area contributed by atoms with Gasteiger partial charge in [0.1, 0.15) is 12.2 Å². The Balaban J connectivity index is 0. The molecule has 180 valence electrons. The molecule has 2 rings (SSSR count). The first-order valence-electron chi connectivity index (χ1n) is 10.7. The van der Waals surface area contributed by atoms with E-state index in [1.54, 1.807) is 13.8 Å². The predicted molar refractivity (Wildman–Crippen MR) is 121 cm³/mol. The zero-order valence-electron chi connectivity index (χ0n) is 20.4. The first-order chi connectivity index (χ1) is 14.4. The van der Waals surface area contributed by atoms with Crippen LogP contribution in [0, 0.1) is 5.41 Å². The van der Waals surface area contributed by atoms with E-state index in [0.717, 1.165) is 12.1 Å². The summed E-state index contributed by atoms with van der Waals surface area (Å²) in [5.74, 6) is -2.50. The van der Waals surface area contributed by atoms with Gasteiger partial charge in [-0.3, -0.25) is 9.59 Å². The molecule has 1 atom stereocenters. The predicted octanol–water partition coefficient (Wildman–Crippen LogP) is 5.72. The van der Waals surface area contributed by atoms with Gasteiger partial charge in [0.2, 0.25) is 0 Å². The fourth-order valence-electron chi connectivity index (χ4n) is 2.77. The van der Waals surface area contributed by atoms with E-state index < -0.39 is 11.3 Å². The molecule has 0 bridgehead atoms. The van der Waals surface area contributed by atoms with Crippen molar-refractivity contribution in [2.75, 3.05) is 20.1 Å². The molecule has 1 aliphatic heterocycles. The van der Waals surface area contributed by atoms with Gasteiger partial charge < -0.3 is 14.4 Å². The summed E-state index contributed by atoms with van der Waals surface area (Å²) in [6.45, 7) is 15.3. The van der Waals surface area contributed by atoms with Crippen LogP contribution < -0.4 is 0 Å². The van der Waals surface area contributed by atoms with Gasteiger partial charge in [-0.15, -0.1) is 0 Å². The molecule has 0 saturated carbocycles. The van der Waals surface area contributed by atoms with Crippen LogP contribution in [0.25, 0.3) is 0 Å². The largest absolute Gasteiger partial charge is 0.463 e. The number of carbonyl (C=O) groups excluding carboxylic acids is 2. The number of alkyl halides is 2. The lowest BCUT2D eigenvalue weighted by Gasteiger charge is -2.32. The standard InChI is InChI=1S/C9H17F2N.C8H8O2.C5H10O2.C2H6/c1-4-9(10,11)8(2)5-6-12(3)7-8;9-7-10-6-8-4-2-1-3-5-8;1-5(2,3)7-4-6;1-2/h4-7H2,1-3H3;1-5,7H,6H2;4H,1-3H3;1-2H3. The molecule has 1 aromatic rings. The van der Waals surface area contributed by atoms with Gasteiger partial charge in [-0.25, -0.2) is 8.78 Å². The van der Waals surface area contributed by atoms with Crippen LogP contribution in [0.15, 0.2) is 30.3 Å². The summed E-state index contributed by atoms with van der Waals surface area (Å²) in [4.78, 5) is 21.3. The second-order valence-electron chi connectivity index (χ2n) is 8.33. The third kappa shape index (κ3) is 13.8. The van der Waals surface area contributed by atoms with E-state index in [1.165, 1.54) is 0 Å². The van der Waals surface area contributed by atoms with E-state index in [1.807, 2.05) is 76.9 Å². The van der Waals surface area contributed by atoms with Gasteiger partial charge in [-0.2, -0.15) is 0 Å². The molecule has 31 heavy (non-hydrogen) atoms. The lowest BCUT2D eigenvalue weighted by molar-refractivity contribution is -0.138. The highest BCUT2D eigenvalue weighted by Gasteiger charge is 2.51. The zero-order valence-corrected chi connectivity index (χ0v) is 20.4. The molecule has 0 N–H and O–H groups in total. The zero-order chi connectivity index (χ0) is 24.6. The van der Waals surface area contributed by atoms with Gasteiger partial charge in [-0.1, -0.05) is 58.0 Å². The second-order valence-corrected chi connectivity index (χ2v) is 8.33. The minimum Gasteiger partial charge on any atom is -0.463 e. The van der Waals surface area contributed by atoms with Crippen molar-refractivity contribution in [3.63, 3.8) is 0 Å². The number of rotatable bonds is 6. The fourth-order valence-corrected chi connectivity index (χ4v) is 2.77. The Morgan fingerprint density at radius 2 is 1.65 bits per heavy atom. The Morgan fingerprint density at radius 1 is 1.10 bits per heavy atom. The van der Waals surface area contributed by atoms with Crippen molar-refractivity contribution in [3.8, 4) is 0 Å². The molecule has 1 unspecified atom stereocenters. The molecule has 0 spiro atoms. The average Bonchev–Trinajstić information content (AvgIpc) is 3.09. The quantitative estimate of drug-likeness (QED) is 0.525. The maximum Gasteiger partial charge on any atom is 0.293 e. The second kappa shape index (κ2) is 15.7. The van der Waals surface area contributed by atoms with Crippen molar-refractivity contribution in [2.24, 2.45) is 5.41 Å². The number of hydrogen-bond donors (Lipinski definition) is 0. The van der Waals surface area contributed by atoms with E-state index in [0.29, 0.717) is 32.5 Å². The van der Waals surface area contributed by atoms with Crippen LogP contribution in [-0.2, 0) is 25.7 Å². The van der Waals surface area contributed by atoms with Gasteiger partial charge >= 0.3 is 0 Å². The van der Waals surface area contributed by atoms with E-state index in [4.69, 9.17) is 0 Å². The van der Waals surface area contributed by atoms with Gasteiger partial charge in [0, 0.05) is 18.4 Å². The third-order valence-electron chi connectivity index (χ3n) is 4.55. The number of likely N-dealkylation sites (tertiary alicyclic amines) is 1. The summed E-state index contributed by atoms with van der Waals surface area (Å²) in [6, 6.07) is 9.55. The van der Waals surface area contributed by atoms with Gasteiger partial charge in [0.25, 0.3) is 18.9 Å². The SMILES string of the molecule is CC.CC(C)(C)OC=O.CCC(F)(F)C1(C)CCN(C)C1.O=COCc1ccccc1. The van der Waals surface area contributed by atoms with E-state index in [-0.39, 0.29) is 12.0 Å². The van der Waals surface area contributed by atoms with Crippen molar-refractivity contribution >= 4 is 12.9 Å². The summed E-state index contributed by atoms with van der Waals surface area (Å²) in [5.41, 5.74) is -0.104.